The van der Waals surface area contributed by atoms with Crippen LogP contribution < -0.4 is 10.2 Å². The summed E-state index contributed by atoms with van der Waals surface area (Å²) in [6, 6.07) is 9.32. The van der Waals surface area contributed by atoms with Crippen molar-refractivity contribution in [2.75, 3.05) is 6.61 Å². The molecule has 0 saturated heterocycles. The number of benzene rings is 2. The number of phenols is 1. The normalized spacial score (nSPS) is 10.7. The summed E-state index contributed by atoms with van der Waals surface area (Å²) in [5.41, 5.74) is 3.31. The molecule has 2 N–H and O–H groups in total. The minimum Gasteiger partial charge on any atom is -0.504 e. The number of rotatable bonds is 5. The van der Waals surface area contributed by atoms with E-state index in [1.165, 1.54) is 24.4 Å². The lowest BCUT2D eigenvalue weighted by Gasteiger charge is -2.06. The predicted octanol–water partition coefficient (Wildman–Crippen LogP) is 3.86. The Morgan fingerprint density at radius 3 is 2.78 bits per heavy atom. The summed E-state index contributed by atoms with van der Waals surface area (Å²) in [6.07, 6.45) is 1.43. The first kappa shape index (κ1) is 17.1. The molecular weight excluding hydrogens is 339 g/mol. The fourth-order valence-electron chi connectivity index (χ4n) is 1.78. The van der Waals surface area contributed by atoms with E-state index < -0.39 is 5.91 Å². The molecule has 0 atom stereocenters. The van der Waals surface area contributed by atoms with Crippen LogP contribution >= 0.6 is 23.2 Å². The molecule has 1 amide bonds. The molecule has 0 bridgehead atoms. The number of carbonyl (C=O) groups excluding carboxylic acids is 1. The molecule has 0 aliphatic rings. The highest BCUT2D eigenvalue weighted by atomic mass is 35.5. The van der Waals surface area contributed by atoms with Gasteiger partial charge in [0, 0.05) is 5.02 Å². The van der Waals surface area contributed by atoms with E-state index in [1.807, 2.05) is 6.92 Å². The van der Waals surface area contributed by atoms with E-state index in [-0.39, 0.29) is 16.3 Å². The number of nitrogens with one attached hydrogen (secondary N) is 1. The van der Waals surface area contributed by atoms with E-state index >= 15 is 0 Å². The van der Waals surface area contributed by atoms with Crippen LogP contribution in [0.4, 0.5) is 0 Å². The van der Waals surface area contributed by atoms with Crippen molar-refractivity contribution in [3.05, 3.63) is 57.6 Å². The second kappa shape index (κ2) is 7.85. The lowest BCUT2D eigenvalue weighted by molar-refractivity contribution is 0.0955. The molecule has 0 saturated carbocycles. The van der Waals surface area contributed by atoms with Gasteiger partial charge in [-0.2, -0.15) is 5.10 Å². The van der Waals surface area contributed by atoms with Crippen molar-refractivity contribution in [3.63, 3.8) is 0 Å². The van der Waals surface area contributed by atoms with Gasteiger partial charge in [0.2, 0.25) is 0 Å². The molecule has 0 radical (unpaired) electrons. The Labute approximate surface area is 143 Å². The van der Waals surface area contributed by atoms with E-state index in [9.17, 15) is 9.90 Å². The van der Waals surface area contributed by atoms with Crippen LogP contribution in [0.2, 0.25) is 10.0 Å². The van der Waals surface area contributed by atoms with Gasteiger partial charge in [0.05, 0.1) is 23.4 Å². The number of amides is 1. The number of ether oxygens (including phenoxy) is 1. The first-order chi connectivity index (χ1) is 11.0. The Morgan fingerprint density at radius 2 is 2.09 bits per heavy atom. The highest BCUT2D eigenvalue weighted by Crippen LogP contribution is 2.26. The minimum absolute atomic E-state index is 0.0426. The monoisotopic (exact) mass is 352 g/mol. The second-order valence-corrected chi connectivity index (χ2v) is 5.33. The maximum absolute atomic E-state index is 12.0. The first-order valence-electron chi connectivity index (χ1n) is 6.75. The second-order valence-electron chi connectivity index (χ2n) is 4.48. The maximum Gasteiger partial charge on any atom is 0.272 e. The van der Waals surface area contributed by atoms with Gasteiger partial charge in [-0.25, -0.2) is 5.43 Å². The molecule has 0 aliphatic heterocycles. The fourth-order valence-corrected chi connectivity index (χ4v) is 2.28. The third-order valence-corrected chi connectivity index (χ3v) is 3.39. The zero-order chi connectivity index (χ0) is 16.8. The van der Waals surface area contributed by atoms with Crippen LogP contribution in [0, 0.1) is 0 Å². The third kappa shape index (κ3) is 4.61. The van der Waals surface area contributed by atoms with E-state index in [4.69, 9.17) is 27.9 Å². The van der Waals surface area contributed by atoms with E-state index in [2.05, 4.69) is 10.5 Å². The highest BCUT2D eigenvalue weighted by Gasteiger charge is 2.09. The number of hydrazone groups is 1. The van der Waals surface area contributed by atoms with E-state index in [0.29, 0.717) is 22.9 Å². The van der Waals surface area contributed by atoms with Gasteiger partial charge in [0.25, 0.3) is 5.91 Å². The van der Waals surface area contributed by atoms with Crippen molar-refractivity contribution in [1.29, 1.82) is 0 Å². The summed E-state index contributed by atoms with van der Waals surface area (Å²) in [5, 5.41) is 14.2. The molecule has 120 valence electrons. The summed E-state index contributed by atoms with van der Waals surface area (Å²) in [6.45, 7) is 2.25. The van der Waals surface area contributed by atoms with Gasteiger partial charge < -0.3 is 9.84 Å². The molecule has 0 unspecified atom stereocenters. The van der Waals surface area contributed by atoms with Crippen LogP contribution in [0.1, 0.15) is 22.8 Å². The largest absolute Gasteiger partial charge is 0.504 e. The number of carbonyl (C=O) groups is 1. The predicted molar refractivity (Wildman–Crippen MR) is 90.8 cm³/mol. The zero-order valence-corrected chi connectivity index (χ0v) is 13.7. The van der Waals surface area contributed by atoms with Gasteiger partial charge in [0.1, 0.15) is 0 Å². The van der Waals surface area contributed by atoms with Gasteiger partial charge in [0.15, 0.2) is 11.5 Å². The highest BCUT2D eigenvalue weighted by molar-refractivity contribution is 6.36. The average molecular weight is 353 g/mol. The summed E-state index contributed by atoms with van der Waals surface area (Å²) < 4.78 is 5.27. The molecule has 23 heavy (non-hydrogen) atoms. The summed E-state index contributed by atoms with van der Waals surface area (Å²) in [5.74, 6) is -0.0590. The Balaban J connectivity index is 2.06. The van der Waals surface area contributed by atoms with E-state index in [1.54, 1.807) is 18.2 Å². The lowest BCUT2D eigenvalue weighted by Crippen LogP contribution is -2.18. The maximum atomic E-state index is 12.0. The smallest absolute Gasteiger partial charge is 0.272 e. The SMILES string of the molecule is CCOc1cc(/C=N/NC(=O)c2ccc(Cl)cc2Cl)ccc1O. The Hall–Kier alpha value is -2.24. The number of nitrogens with zero attached hydrogens (tertiary/aromatic N) is 1. The number of aromatic hydroxyl groups is 1. The van der Waals surface area contributed by atoms with Crippen molar-refractivity contribution < 1.29 is 14.6 Å². The molecule has 2 aromatic rings. The van der Waals surface area contributed by atoms with Crippen LogP contribution in [0.25, 0.3) is 0 Å². The fraction of sp³-hybridized carbons (Fsp3) is 0.125. The quantitative estimate of drug-likeness (QED) is 0.633. The molecule has 5 nitrogen and oxygen atoms in total. The van der Waals surface area contributed by atoms with Gasteiger partial charge in [-0.3, -0.25) is 4.79 Å². The van der Waals surface area contributed by atoms with Gasteiger partial charge in [-0.05, 0) is 48.9 Å². The number of halogens is 2. The van der Waals surface area contributed by atoms with Crippen LogP contribution in [0.15, 0.2) is 41.5 Å². The molecule has 2 aromatic carbocycles. The Morgan fingerprint density at radius 1 is 1.30 bits per heavy atom. The van der Waals surface area contributed by atoms with Crippen molar-refractivity contribution in [1.82, 2.24) is 5.43 Å². The summed E-state index contributed by atoms with van der Waals surface area (Å²) in [7, 11) is 0. The topological polar surface area (TPSA) is 70.9 Å². The van der Waals surface area contributed by atoms with Crippen molar-refractivity contribution in [3.8, 4) is 11.5 Å². The number of hydrogen-bond donors (Lipinski definition) is 2. The molecule has 0 fully saturated rings. The summed E-state index contributed by atoms with van der Waals surface area (Å²) in [4.78, 5) is 12.0. The van der Waals surface area contributed by atoms with Crippen molar-refractivity contribution >= 4 is 35.3 Å². The van der Waals surface area contributed by atoms with E-state index in [0.717, 1.165) is 0 Å². The van der Waals surface area contributed by atoms with Gasteiger partial charge in [-0.15, -0.1) is 0 Å². The zero-order valence-electron chi connectivity index (χ0n) is 12.2. The molecule has 0 aliphatic carbocycles. The molecule has 2 rings (SSSR count). The van der Waals surface area contributed by atoms with Gasteiger partial charge >= 0.3 is 0 Å². The molecular formula is C16H14Cl2N2O3. The summed E-state index contributed by atoms with van der Waals surface area (Å²) >= 11 is 11.7. The van der Waals surface area contributed by atoms with Crippen LogP contribution in [0.5, 0.6) is 11.5 Å². The number of hydrogen-bond acceptors (Lipinski definition) is 4. The molecule has 0 spiro atoms. The Bertz CT molecular complexity index is 748. The van der Waals surface area contributed by atoms with Crippen LogP contribution in [0.3, 0.4) is 0 Å². The number of phenolic OH excluding ortho intramolecular Hbond substituents is 1. The average Bonchev–Trinajstić information content (AvgIpc) is 2.50. The van der Waals surface area contributed by atoms with Crippen LogP contribution in [-0.2, 0) is 0 Å². The standard InChI is InChI=1S/C16H14Cl2N2O3/c1-2-23-15-7-10(3-6-14(15)21)9-19-20-16(22)12-5-4-11(17)8-13(12)18/h3-9,21H,2H2,1H3,(H,20,22)/b19-9+. The van der Waals surface area contributed by atoms with Crippen molar-refractivity contribution in [2.24, 2.45) is 5.10 Å². The van der Waals surface area contributed by atoms with Crippen molar-refractivity contribution in [2.45, 2.75) is 6.92 Å². The third-order valence-electron chi connectivity index (χ3n) is 2.84. The first-order valence-corrected chi connectivity index (χ1v) is 7.51. The minimum atomic E-state index is -0.452. The molecule has 0 aromatic heterocycles. The molecule has 0 heterocycles. The Kier molecular flexibility index (Phi) is 5.84. The van der Waals surface area contributed by atoms with Gasteiger partial charge in [-0.1, -0.05) is 23.2 Å². The lowest BCUT2D eigenvalue weighted by atomic mass is 10.2. The van der Waals surface area contributed by atoms with Crippen LogP contribution in [-0.4, -0.2) is 23.8 Å². The molecule has 7 heteroatoms.